The van der Waals surface area contributed by atoms with Crippen LogP contribution in [0.1, 0.15) is 54.9 Å². The molecule has 0 aromatic heterocycles. The summed E-state index contributed by atoms with van der Waals surface area (Å²) >= 11 is -1.11. The molecule has 1 atom stereocenters. The fourth-order valence-corrected chi connectivity index (χ4v) is 5.24. The quantitative estimate of drug-likeness (QED) is 0.423. The Morgan fingerprint density at radius 1 is 0.833 bits per heavy atom. The number of hydrogen-bond acceptors (Lipinski definition) is 2. The molecule has 0 fully saturated rings. The monoisotopic (exact) mass is 272 g/mol. The van der Waals surface area contributed by atoms with Crippen LogP contribution in [0.5, 0.6) is 0 Å². The lowest BCUT2D eigenvalue weighted by Gasteiger charge is -2.25. The minimum absolute atomic E-state index is 0.0292. The van der Waals surface area contributed by atoms with E-state index in [9.17, 15) is 0 Å². The molecule has 0 spiro atoms. The van der Waals surface area contributed by atoms with Gasteiger partial charge in [0.05, 0.1) is 6.61 Å². The maximum absolute atomic E-state index is 6.29. The fourth-order valence-electron chi connectivity index (χ4n) is 2.03. The first-order valence-corrected chi connectivity index (χ1v) is 9.72. The molecule has 3 heteroatoms. The molecule has 0 bridgehead atoms. The highest BCUT2D eigenvalue weighted by atomic mass is 27.2. The van der Waals surface area contributed by atoms with E-state index in [2.05, 4.69) is 48.5 Å². The molecule has 18 heavy (non-hydrogen) atoms. The first kappa shape index (κ1) is 18.5. The van der Waals surface area contributed by atoms with E-state index in [0.29, 0.717) is 5.92 Å². The highest BCUT2D eigenvalue weighted by Gasteiger charge is 2.26. The summed E-state index contributed by atoms with van der Waals surface area (Å²) in [4.78, 5) is 0. The van der Waals surface area contributed by atoms with E-state index in [0.717, 1.165) is 24.9 Å². The standard InChI is InChI=1S/C7H15O2.2C4H9.Al/c1-4-7(8)9-5-6(2)3;2*1-4(2)3;/h6-7H,4-5H2,1-3H3;2*4H,1H2,2-3H3;/q-1;;;+1. The van der Waals surface area contributed by atoms with Crippen molar-refractivity contribution < 1.29 is 8.53 Å². The summed E-state index contributed by atoms with van der Waals surface area (Å²) in [6, 6.07) is 0. The van der Waals surface area contributed by atoms with E-state index in [-0.39, 0.29) is 6.29 Å². The van der Waals surface area contributed by atoms with Gasteiger partial charge in [0.25, 0.3) is 0 Å². The Morgan fingerprint density at radius 2 is 1.33 bits per heavy atom. The maximum atomic E-state index is 6.29. The fraction of sp³-hybridized carbons (Fsp3) is 1.00. The molecule has 0 saturated heterocycles. The number of rotatable bonds is 10. The Hall–Kier alpha value is 0.452. The summed E-state index contributed by atoms with van der Waals surface area (Å²) in [6.07, 6.45) is 0.994. The predicted octanol–water partition coefficient (Wildman–Crippen LogP) is 4.72. The van der Waals surface area contributed by atoms with E-state index in [1.54, 1.807) is 0 Å². The Balaban J connectivity index is 4.23. The SMILES string of the molecule is CCC(OCC(C)C)[O][Al]([CH2]C(C)C)[CH2]C(C)C. The predicted molar refractivity (Wildman–Crippen MR) is 81.0 cm³/mol. The van der Waals surface area contributed by atoms with Crippen molar-refractivity contribution >= 4 is 14.5 Å². The average molecular weight is 272 g/mol. The summed E-state index contributed by atoms with van der Waals surface area (Å²) in [7, 11) is 0. The van der Waals surface area contributed by atoms with Gasteiger partial charge in [-0.1, -0.05) is 70.9 Å². The minimum Gasteiger partial charge on any atom is -0.478 e. The van der Waals surface area contributed by atoms with E-state index in [4.69, 9.17) is 8.53 Å². The van der Waals surface area contributed by atoms with Crippen LogP contribution in [0.2, 0.25) is 10.6 Å². The van der Waals surface area contributed by atoms with Crippen LogP contribution in [0.15, 0.2) is 0 Å². The molecule has 108 valence electrons. The van der Waals surface area contributed by atoms with Crippen LogP contribution in [0, 0.1) is 17.8 Å². The Kier molecular flexibility index (Phi) is 10.5. The highest BCUT2D eigenvalue weighted by molar-refractivity contribution is 6.51. The summed E-state index contributed by atoms with van der Waals surface area (Å²) in [5.41, 5.74) is 0. The molecule has 0 rings (SSSR count). The van der Waals surface area contributed by atoms with Gasteiger partial charge in [-0.05, 0) is 12.3 Å². The van der Waals surface area contributed by atoms with Gasteiger partial charge in [-0.3, -0.25) is 0 Å². The second kappa shape index (κ2) is 10.3. The summed E-state index contributed by atoms with van der Waals surface area (Å²) < 4.78 is 12.1. The molecule has 0 aromatic rings. The van der Waals surface area contributed by atoms with Crippen molar-refractivity contribution in [2.45, 2.75) is 71.7 Å². The lowest BCUT2D eigenvalue weighted by atomic mass is 10.2. The third kappa shape index (κ3) is 10.4. The van der Waals surface area contributed by atoms with Crippen molar-refractivity contribution in [2.24, 2.45) is 17.8 Å². The van der Waals surface area contributed by atoms with Crippen molar-refractivity contribution in [3.8, 4) is 0 Å². The zero-order chi connectivity index (χ0) is 14.1. The summed E-state index contributed by atoms with van der Waals surface area (Å²) in [5.74, 6) is 2.06. The van der Waals surface area contributed by atoms with E-state index < -0.39 is 14.5 Å². The van der Waals surface area contributed by atoms with Gasteiger partial charge in [-0.2, -0.15) is 0 Å². The molecule has 1 unspecified atom stereocenters. The second-order valence-electron chi connectivity index (χ2n) is 6.58. The van der Waals surface area contributed by atoms with Crippen molar-refractivity contribution in [3.05, 3.63) is 0 Å². The van der Waals surface area contributed by atoms with Crippen LogP contribution in [-0.2, 0) is 8.53 Å². The van der Waals surface area contributed by atoms with Gasteiger partial charge in [0.1, 0.15) is 6.29 Å². The van der Waals surface area contributed by atoms with Crippen LogP contribution in [0.3, 0.4) is 0 Å². The van der Waals surface area contributed by atoms with Crippen molar-refractivity contribution in [1.29, 1.82) is 0 Å². The van der Waals surface area contributed by atoms with Crippen molar-refractivity contribution in [3.63, 3.8) is 0 Å². The first-order chi connectivity index (χ1) is 8.35. The minimum atomic E-state index is -1.11. The van der Waals surface area contributed by atoms with E-state index in [1.165, 1.54) is 10.6 Å². The van der Waals surface area contributed by atoms with E-state index in [1.807, 2.05) is 0 Å². The van der Waals surface area contributed by atoms with Crippen molar-refractivity contribution in [2.75, 3.05) is 6.61 Å². The average Bonchev–Trinajstić information content (AvgIpc) is 2.21. The number of ether oxygens (including phenoxy) is 1. The Labute approximate surface area is 119 Å². The van der Waals surface area contributed by atoms with Gasteiger partial charge in [-0.15, -0.1) is 0 Å². The largest absolute Gasteiger partial charge is 0.478 e. The van der Waals surface area contributed by atoms with Gasteiger partial charge in [0, 0.05) is 0 Å². The van der Waals surface area contributed by atoms with Crippen LogP contribution < -0.4 is 0 Å². The lowest BCUT2D eigenvalue weighted by Crippen LogP contribution is -2.30. The van der Waals surface area contributed by atoms with Gasteiger partial charge >= 0.3 is 14.5 Å². The second-order valence-corrected chi connectivity index (χ2v) is 9.04. The Bertz CT molecular complexity index is 183. The molecule has 2 nitrogen and oxygen atoms in total. The zero-order valence-electron chi connectivity index (χ0n) is 13.5. The van der Waals surface area contributed by atoms with E-state index >= 15 is 0 Å². The maximum Gasteiger partial charge on any atom is 0.463 e. The summed E-state index contributed by atoms with van der Waals surface area (Å²) in [6.45, 7) is 16.5. The van der Waals surface area contributed by atoms with Crippen LogP contribution in [-0.4, -0.2) is 27.4 Å². The molecule has 0 radical (unpaired) electrons. The summed E-state index contributed by atoms with van der Waals surface area (Å²) in [5, 5.41) is 2.53. The first-order valence-electron chi connectivity index (χ1n) is 7.62. The lowest BCUT2D eigenvalue weighted by molar-refractivity contribution is -0.0934. The molecular weight excluding hydrogens is 239 g/mol. The molecule has 0 aliphatic heterocycles. The van der Waals surface area contributed by atoms with Crippen LogP contribution >= 0.6 is 0 Å². The van der Waals surface area contributed by atoms with Gasteiger partial charge in [-0.25, -0.2) is 0 Å². The van der Waals surface area contributed by atoms with Gasteiger partial charge in [0.15, 0.2) is 0 Å². The molecule has 0 aliphatic carbocycles. The molecule has 0 aliphatic rings. The third-order valence-corrected chi connectivity index (χ3v) is 6.39. The molecule has 0 saturated carbocycles. The molecule has 0 N–H and O–H groups in total. The van der Waals surface area contributed by atoms with Crippen LogP contribution in [0.4, 0.5) is 0 Å². The van der Waals surface area contributed by atoms with Gasteiger partial charge in [0.2, 0.25) is 0 Å². The molecular formula is C15H33AlO2. The normalized spacial score (nSPS) is 13.7. The van der Waals surface area contributed by atoms with Gasteiger partial charge < -0.3 is 8.53 Å². The van der Waals surface area contributed by atoms with Crippen molar-refractivity contribution in [1.82, 2.24) is 0 Å². The Morgan fingerprint density at radius 3 is 1.67 bits per heavy atom. The molecule has 0 heterocycles. The molecule has 0 aromatic carbocycles. The topological polar surface area (TPSA) is 18.5 Å². The smallest absolute Gasteiger partial charge is 0.463 e. The zero-order valence-corrected chi connectivity index (χ0v) is 14.7. The van der Waals surface area contributed by atoms with Crippen LogP contribution in [0.25, 0.3) is 0 Å². The molecule has 0 amide bonds. The highest BCUT2D eigenvalue weighted by Crippen LogP contribution is 2.18. The number of hydrogen-bond donors (Lipinski definition) is 0. The third-order valence-electron chi connectivity index (χ3n) is 2.76.